The van der Waals surface area contributed by atoms with Crippen LogP contribution in [-0.2, 0) is 11.3 Å². The van der Waals surface area contributed by atoms with Crippen LogP contribution in [0.25, 0.3) is 0 Å². The quantitative estimate of drug-likeness (QED) is 0.828. The van der Waals surface area contributed by atoms with Crippen molar-refractivity contribution in [2.24, 2.45) is 0 Å². The molecule has 0 aliphatic heterocycles. The summed E-state index contributed by atoms with van der Waals surface area (Å²) in [5, 5.41) is 3.17. The Labute approximate surface area is 108 Å². The first-order chi connectivity index (χ1) is 8.70. The van der Waals surface area contributed by atoms with Gasteiger partial charge >= 0.3 is 0 Å². The highest BCUT2D eigenvalue weighted by Crippen LogP contribution is 2.26. The van der Waals surface area contributed by atoms with E-state index in [1.807, 2.05) is 36.9 Å². The highest BCUT2D eigenvalue weighted by Gasteiger charge is 2.30. The molecule has 0 radical (unpaired) electrons. The van der Waals surface area contributed by atoms with Gasteiger partial charge in [0.1, 0.15) is 0 Å². The van der Waals surface area contributed by atoms with E-state index in [2.05, 4.69) is 10.3 Å². The van der Waals surface area contributed by atoms with Crippen LogP contribution in [0.3, 0.4) is 0 Å². The Bertz CT molecular complexity index is 415. The van der Waals surface area contributed by atoms with Crippen LogP contribution in [0, 0.1) is 6.92 Å². The lowest BCUT2D eigenvalue weighted by Crippen LogP contribution is -2.39. The molecule has 1 aliphatic carbocycles. The van der Waals surface area contributed by atoms with E-state index in [1.54, 1.807) is 0 Å². The van der Waals surface area contributed by atoms with Gasteiger partial charge in [0.2, 0.25) is 5.91 Å². The molecule has 1 N–H and O–H groups in total. The van der Waals surface area contributed by atoms with Crippen LogP contribution < -0.4 is 5.32 Å². The molecule has 0 unspecified atom stereocenters. The zero-order valence-corrected chi connectivity index (χ0v) is 11.1. The molecule has 1 saturated carbocycles. The summed E-state index contributed by atoms with van der Waals surface area (Å²) in [5.41, 5.74) is 1.99. The lowest BCUT2D eigenvalue weighted by atomic mass is 10.3. The molecule has 1 amide bonds. The van der Waals surface area contributed by atoms with Crippen LogP contribution in [0.1, 0.15) is 31.2 Å². The normalized spacial score (nSPS) is 14.6. The predicted molar refractivity (Wildman–Crippen MR) is 71.1 cm³/mol. The molecule has 18 heavy (non-hydrogen) atoms. The van der Waals surface area contributed by atoms with Gasteiger partial charge in [0.15, 0.2) is 0 Å². The summed E-state index contributed by atoms with van der Waals surface area (Å²) >= 11 is 0. The Kier molecular flexibility index (Phi) is 4.31. The second-order valence-electron chi connectivity index (χ2n) is 4.78. The molecule has 1 aliphatic rings. The van der Waals surface area contributed by atoms with E-state index in [-0.39, 0.29) is 5.91 Å². The summed E-state index contributed by atoms with van der Waals surface area (Å²) in [7, 11) is 0. The third-order valence-corrected chi connectivity index (χ3v) is 3.18. The fourth-order valence-electron chi connectivity index (χ4n) is 2.12. The molecule has 2 rings (SSSR count). The SMILES string of the molecule is CCN(C(=O)CNCc1cccc(C)n1)C1CC1. The lowest BCUT2D eigenvalue weighted by Gasteiger charge is -2.20. The van der Waals surface area contributed by atoms with Gasteiger partial charge in [0.25, 0.3) is 0 Å². The van der Waals surface area contributed by atoms with Crippen LogP contribution >= 0.6 is 0 Å². The van der Waals surface area contributed by atoms with Gasteiger partial charge in [0.05, 0.1) is 12.2 Å². The summed E-state index contributed by atoms with van der Waals surface area (Å²) in [6.07, 6.45) is 2.33. The largest absolute Gasteiger partial charge is 0.339 e. The van der Waals surface area contributed by atoms with Crippen molar-refractivity contribution in [3.8, 4) is 0 Å². The Morgan fingerprint density at radius 3 is 2.89 bits per heavy atom. The summed E-state index contributed by atoms with van der Waals surface area (Å²) < 4.78 is 0. The first-order valence-electron chi connectivity index (χ1n) is 6.63. The zero-order chi connectivity index (χ0) is 13.0. The van der Waals surface area contributed by atoms with Crippen molar-refractivity contribution in [2.45, 2.75) is 39.3 Å². The number of amides is 1. The van der Waals surface area contributed by atoms with Gasteiger partial charge in [-0.1, -0.05) is 6.07 Å². The van der Waals surface area contributed by atoms with Crippen LogP contribution in [0.15, 0.2) is 18.2 Å². The fourth-order valence-corrected chi connectivity index (χ4v) is 2.12. The number of hydrogen-bond donors (Lipinski definition) is 1. The number of likely N-dealkylation sites (N-methyl/N-ethyl adjacent to an activating group) is 1. The number of pyridine rings is 1. The van der Waals surface area contributed by atoms with Crippen molar-refractivity contribution in [3.05, 3.63) is 29.6 Å². The Morgan fingerprint density at radius 2 is 2.28 bits per heavy atom. The molecule has 1 fully saturated rings. The van der Waals surface area contributed by atoms with E-state index in [4.69, 9.17) is 0 Å². The number of carbonyl (C=O) groups is 1. The van der Waals surface area contributed by atoms with Crippen LogP contribution in [0.4, 0.5) is 0 Å². The van der Waals surface area contributed by atoms with Crippen molar-refractivity contribution < 1.29 is 4.79 Å². The van der Waals surface area contributed by atoms with Gasteiger partial charge in [-0.05, 0) is 38.8 Å². The van der Waals surface area contributed by atoms with E-state index < -0.39 is 0 Å². The molecule has 0 spiro atoms. The van der Waals surface area contributed by atoms with Crippen LogP contribution in [0.5, 0.6) is 0 Å². The average molecular weight is 247 g/mol. The third-order valence-electron chi connectivity index (χ3n) is 3.18. The number of nitrogens with one attached hydrogen (secondary N) is 1. The summed E-state index contributed by atoms with van der Waals surface area (Å²) in [6.45, 7) is 5.88. The molecule has 0 aromatic carbocycles. The van der Waals surface area contributed by atoms with E-state index >= 15 is 0 Å². The Hall–Kier alpha value is -1.42. The van der Waals surface area contributed by atoms with Crippen molar-refractivity contribution in [3.63, 3.8) is 0 Å². The first-order valence-corrected chi connectivity index (χ1v) is 6.63. The van der Waals surface area contributed by atoms with E-state index in [1.165, 1.54) is 12.8 Å². The maximum atomic E-state index is 12.0. The summed E-state index contributed by atoms with van der Waals surface area (Å²) in [5.74, 6) is 0.202. The smallest absolute Gasteiger partial charge is 0.236 e. The molecule has 98 valence electrons. The zero-order valence-electron chi connectivity index (χ0n) is 11.1. The van der Waals surface area contributed by atoms with Crippen molar-refractivity contribution in [1.82, 2.24) is 15.2 Å². The van der Waals surface area contributed by atoms with Gasteiger partial charge < -0.3 is 10.2 Å². The van der Waals surface area contributed by atoms with Crippen molar-refractivity contribution in [2.75, 3.05) is 13.1 Å². The fraction of sp³-hybridized carbons (Fsp3) is 0.571. The first kappa shape index (κ1) is 13.0. The number of aromatic nitrogens is 1. The van der Waals surface area contributed by atoms with Crippen LogP contribution in [-0.4, -0.2) is 34.9 Å². The highest BCUT2D eigenvalue weighted by molar-refractivity contribution is 5.78. The van der Waals surface area contributed by atoms with Gasteiger partial charge in [-0.2, -0.15) is 0 Å². The molecule has 0 saturated heterocycles. The van der Waals surface area contributed by atoms with Gasteiger partial charge in [0, 0.05) is 24.8 Å². The molecule has 4 heteroatoms. The van der Waals surface area contributed by atoms with E-state index in [0.29, 0.717) is 19.1 Å². The second kappa shape index (κ2) is 5.96. The average Bonchev–Trinajstić information content (AvgIpc) is 3.14. The molecule has 0 atom stereocenters. The molecule has 1 aromatic heterocycles. The molecule has 1 heterocycles. The molecule has 0 bridgehead atoms. The molecule has 1 aromatic rings. The topological polar surface area (TPSA) is 45.2 Å². The number of hydrogen-bond acceptors (Lipinski definition) is 3. The van der Waals surface area contributed by atoms with E-state index in [0.717, 1.165) is 17.9 Å². The van der Waals surface area contributed by atoms with Crippen molar-refractivity contribution in [1.29, 1.82) is 0 Å². The predicted octanol–water partition coefficient (Wildman–Crippen LogP) is 1.49. The number of aryl methyl sites for hydroxylation is 1. The molecular weight excluding hydrogens is 226 g/mol. The Morgan fingerprint density at radius 1 is 1.50 bits per heavy atom. The molecule has 4 nitrogen and oxygen atoms in total. The minimum absolute atomic E-state index is 0.202. The van der Waals surface area contributed by atoms with Gasteiger partial charge in [-0.3, -0.25) is 9.78 Å². The maximum Gasteiger partial charge on any atom is 0.236 e. The number of carbonyl (C=O) groups excluding carboxylic acids is 1. The molecular formula is C14H21N3O. The minimum Gasteiger partial charge on any atom is -0.339 e. The highest BCUT2D eigenvalue weighted by atomic mass is 16.2. The number of rotatable bonds is 6. The summed E-state index contributed by atoms with van der Waals surface area (Å²) in [4.78, 5) is 18.3. The van der Waals surface area contributed by atoms with Gasteiger partial charge in [-0.25, -0.2) is 0 Å². The number of nitrogens with zero attached hydrogens (tertiary/aromatic N) is 2. The standard InChI is InChI=1S/C14H21N3O/c1-3-17(13-7-8-13)14(18)10-15-9-12-6-4-5-11(2)16-12/h4-6,13,15H,3,7-10H2,1-2H3. The van der Waals surface area contributed by atoms with E-state index in [9.17, 15) is 4.79 Å². The third kappa shape index (κ3) is 3.53. The summed E-state index contributed by atoms with van der Waals surface area (Å²) in [6, 6.07) is 6.44. The lowest BCUT2D eigenvalue weighted by molar-refractivity contribution is -0.130. The monoisotopic (exact) mass is 247 g/mol. The van der Waals surface area contributed by atoms with Gasteiger partial charge in [-0.15, -0.1) is 0 Å². The minimum atomic E-state index is 0.202. The van der Waals surface area contributed by atoms with Crippen molar-refractivity contribution >= 4 is 5.91 Å². The Balaban J connectivity index is 1.76. The van der Waals surface area contributed by atoms with Crippen LogP contribution in [0.2, 0.25) is 0 Å². The maximum absolute atomic E-state index is 12.0. The second-order valence-corrected chi connectivity index (χ2v) is 4.78.